The van der Waals surface area contributed by atoms with Crippen LogP contribution in [0, 0.1) is 6.92 Å². The summed E-state index contributed by atoms with van der Waals surface area (Å²) in [6.45, 7) is 2.81. The molecular weight excluding hydrogens is 202 g/mol. The molecule has 0 saturated carbocycles. The topological polar surface area (TPSA) is 40.5 Å². The van der Waals surface area contributed by atoms with Crippen LogP contribution in [0.15, 0.2) is 24.3 Å². The van der Waals surface area contributed by atoms with Crippen molar-refractivity contribution in [2.24, 2.45) is 0 Å². The van der Waals surface area contributed by atoms with E-state index in [0.29, 0.717) is 0 Å². The lowest BCUT2D eigenvalue weighted by Gasteiger charge is -2.23. The Morgan fingerprint density at radius 1 is 1.56 bits per heavy atom. The fraction of sp³-hybridized carbons (Fsp3) is 0.462. The molecule has 2 rings (SSSR count). The number of aliphatic hydroxyl groups excluding tert-OH is 1. The molecule has 0 bridgehead atoms. The molecule has 1 aliphatic rings. The highest BCUT2D eigenvalue weighted by atomic mass is 16.3. The van der Waals surface area contributed by atoms with Crippen molar-refractivity contribution in [2.75, 3.05) is 13.2 Å². The molecule has 1 saturated heterocycles. The minimum absolute atomic E-state index is 0.00742. The van der Waals surface area contributed by atoms with Gasteiger partial charge >= 0.3 is 0 Å². The summed E-state index contributed by atoms with van der Waals surface area (Å²) in [6.07, 6.45) is 1.90. The van der Waals surface area contributed by atoms with Crippen LogP contribution in [0.3, 0.4) is 0 Å². The van der Waals surface area contributed by atoms with Crippen molar-refractivity contribution >= 4 is 5.91 Å². The van der Waals surface area contributed by atoms with E-state index in [1.54, 1.807) is 4.90 Å². The van der Waals surface area contributed by atoms with Gasteiger partial charge in [0.25, 0.3) is 5.91 Å². The average molecular weight is 219 g/mol. The molecule has 1 heterocycles. The lowest BCUT2D eigenvalue weighted by molar-refractivity contribution is 0.0677. The van der Waals surface area contributed by atoms with Gasteiger partial charge in [0.1, 0.15) is 0 Å². The van der Waals surface area contributed by atoms with Crippen LogP contribution in [0.25, 0.3) is 0 Å². The third kappa shape index (κ3) is 2.09. The molecule has 3 nitrogen and oxygen atoms in total. The number of carbonyl (C=O) groups is 1. The van der Waals surface area contributed by atoms with Crippen LogP contribution in [0.2, 0.25) is 0 Å². The second-order valence-electron chi connectivity index (χ2n) is 4.35. The molecule has 0 spiro atoms. The van der Waals surface area contributed by atoms with Gasteiger partial charge in [0.15, 0.2) is 0 Å². The number of aliphatic hydroxyl groups is 1. The Labute approximate surface area is 95.7 Å². The first-order valence-electron chi connectivity index (χ1n) is 5.71. The number of carbonyl (C=O) groups excluding carboxylic acids is 1. The Morgan fingerprint density at radius 3 is 3.06 bits per heavy atom. The van der Waals surface area contributed by atoms with Crippen LogP contribution in [0.1, 0.15) is 28.8 Å². The molecular formula is C13H17NO2. The Morgan fingerprint density at radius 2 is 2.38 bits per heavy atom. The summed E-state index contributed by atoms with van der Waals surface area (Å²) >= 11 is 0. The van der Waals surface area contributed by atoms with E-state index in [-0.39, 0.29) is 18.6 Å². The maximum atomic E-state index is 12.2. The molecule has 0 aliphatic carbocycles. The van der Waals surface area contributed by atoms with Crippen LogP contribution in [-0.4, -0.2) is 35.1 Å². The predicted molar refractivity (Wildman–Crippen MR) is 62.3 cm³/mol. The predicted octanol–water partition coefficient (Wildman–Crippen LogP) is 1.59. The van der Waals surface area contributed by atoms with E-state index in [4.69, 9.17) is 0 Å². The zero-order valence-electron chi connectivity index (χ0n) is 9.52. The summed E-state index contributed by atoms with van der Waals surface area (Å²) < 4.78 is 0. The van der Waals surface area contributed by atoms with Gasteiger partial charge in [-0.2, -0.15) is 0 Å². The summed E-state index contributed by atoms with van der Waals surface area (Å²) in [6, 6.07) is 7.61. The van der Waals surface area contributed by atoms with E-state index in [2.05, 4.69) is 0 Å². The van der Waals surface area contributed by atoms with Crippen molar-refractivity contribution in [2.45, 2.75) is 25.8 Å². The standard InChI is InChI=1S/C13H17NO2/c1-10-4-2-5-11(8-10)13(16)14-7-3-6-12(14)9-15/h2,4-5,8,12,15H,3,6-7,9H2,1H3/t12-/m0/s1. The number of rotatable bonds is 2. The van der Waals surface area contributed by atoms with Gasteiger partial charge in [-0.3, -0.25) is 4.79 Å². The monoisotopic (exact) mass is 219 g/mol. The average Bonchev–Trinajstić information content (AvgIpc) is 2.76. The Kier molecular flexibility index (Phi) is 3.25. The highest BCUT2D eigenvalue weighted by Gasteiger charge is 2.28. The van der Waals surface area contributed by atoms with Crippen LogP contribution < -0.4 is 0 Å². The molecule has 1 aromatic carbocycles. The van der Waals surface area contributed by atoms with Gasteiger partial charge in [-0.15, -0.1) is 0 Å². The molecule has 1 aliphatic heterocycles. The summed E-state index contributed by atoms with van der Waals surface area (Å²) in [5.41, 5.74) is 1.81. The van der Waals surface area contributed by atoms with E-state index < -0.39 is 0 Å². The molecule has 0 radical (unpaired) electrons. The van der Waals surface area contributed by atoms with Gasteiger partial charge in [0, 0.05) is 12.1 Å². The fourth-order valence-corrected chi connectivity index (χ4v) is 2.24. The molecule has 1 fully saturated rings. The SMILES string of the molecule is Cc1cccc(C(=O)N2CCC[C@H]2CO)c1. The molecule has 0 unspecified atom stereocenters. The molecule has 0 aromatic heterocycles. The number of nitrogens with zero attached hydrogens (tertiary/aromatic N) is 1. The third-order valence-corrected chi connectivity index (χ3v) is 3.11. The van der Waals surface area contributed by atoms with Crippen molar-refractivity contribution in [1.29, 1.82) is 0 Å². The number of amides is 1. The largest absolute Gasteiger partial charge is 0.394 e. The number of hydrogen-bond acceptors (Lipinski definition) is 2. The second-order valence-corrected chi connectivity index (χ2v) is 4.35. The van der Waals surface area contributed by atoms with E-state index in [0.717, 1.165) is 30.5 Å². The summed E-state index contributed by atoms with van der Waals surface area (Å²) in [4.78, 5) is 14.0. The first-order chi connectivity index (χ1) is 7.72. The van der Waals surface area contributed by atoms with Crippen molar-refractivity contribution < 1.29 is 9.90 Å². The molecule has 16 heavy (non-hydrogen) atoms. The zero-order valence-corrected chi connectivity index (χ0v) is 9.52. The van der Waals surface area contributed by atoms with Crippen LogP contribution >= 0.6 is 0 Å². The maximum Gasteiger partial charge on any atom is 0.254 e. The second kappa shape index (κ2) is 4.66. The Bertz CT molecular complexity index is 389. The maximum absolute atomic E-state index is 12.2. The number of benzene rings is 1. The first-order valence-corrected chi connectivity index (χ1v) is 5.71. The molecule has 1 N–H and O–H groups in total. The first kappa shape index (κ1) is 11.1. The smallest absolute Gasteiger partial charge is 0.254 e. The minimum atomic E-state index is 0.00742. The highest BCUT2D eigenvalue weighted by Crippen LogP contribution is 2.19. The molecule has 3 heteroatoms. The van der Waals surface area contributed by atoms with E-state index in [1.165, 1.54) is 0 Å². The summed E-state index contributed by atoms with van der Waals surface area (Å²) in [5.74, 6) is 0.0419. The van der Waals surface area contributed by atoms with Crippen molar-refractivity contribution in [3.8, 4) is 0 Å². The quantitative estimate of drug-likeness (QED) is 0.820. The molecule has 86 valence electrons. The summed E-state index contributed by atoms with van der Waals surface area (Å²) in [7, 11) is 0. The molecule has 1 atom stereocenters. The zero-order chi connectivity index (χ0) is 11.5. The number of aryl methyl sites for hydroxylation is 1. The van der Waals surface area contributed by atoms with Gasteiger partial charge in [-0.25, -0.2) is 0 Å². The van der Waals surface area contributed by atoms with Gasteiger partial charge in [0.05, 0.1) is 12.6 Å². The van der Waals surface area contributed by atoms with Crippen LogP contribution in [0.4, 0.5) is 0 Å². The fourth-order valence-electron chi connectivity index (χ4n) is 2.24. The van der Waals surface area contributed by atoms with Gasteiger partial charge in [-0.1, -0.05) is 17.7 Å². The molecule has 1 aromatic rings. The van der Waals surface area contributed by atoms with Crippen LogP contribution in [0.5, 0.6) is 0 Å². The van der Waals surface area contributed by atoms with Crippen molar-refractivity contribution in [1.82, 2.24) is 4.90 Å². The van der Waals surface area contributed by atoms with Crippen LogP contribution in [-0.2, 0) is 0 Å². The van der Waals surface area contributed by atoms with Gasteiger partial charge in [-0.05, 0) is 31.9 Å². The Hall–Kier alpha value is -1.35. The molecule has 1 amide bonds. The highest BCUT2D eigenvalue weighted by molar-refractivity contribution is 5.94. The minimum Gasteiger partial charge on any atom is -0.394 e. The van der Waals surface area contributed by atoms with E-state index >= 15 is 0 Å². The third-order valence-electron chi connectivity index (χ3n) is 3.11. The van der Waals surface area contributed by atoms with Crippen molar-refractivity contribution in [3.05, 3.63) is 35.4 Å². The lowest BCUT2D eigenvalue weighted by Crippen LogP contribution is -2.37. The summed E-state index contributed by atoms with van der Waals surface area (Å²) in [5, 5.41) is 9.19. The van der Waals surface area contributed by atoms with Gasteiger partial charge < -0.3 is 10.0 Å². The normalized spacial score (nSPS) is 20.1. The van der Waals surface area contributed by atoms with Crippen molar-refractivity contribution in [3.63, 3.8) is 0 Å². The van der Waals surface area contributed by atoms with E-state index in [1.807, 2.05) is 31.2 Å². The number of hydrogen-bond donors (Lipinski definition) is 1. The lowest BCUT2D eigenvalue weighted by atomic mass is 10.1. The van der Waals surface area contributed by atoms with Gasteiger partial charge in [0.2, 0.25) is 0 Å². The Balaban J connectivity index is 2.18. The van der Waals surface area contributed by atoms with E-state index in [9.17, 15) is 9.90 Å². The number of likely N-dealkylation sites (tertiary alicyclic amines) is 1.